The van der Waals surface area contributed by atoms with E-state index in [1.807, 2.05) is 13.8 Å². The van der Waals surface area contributed by atoms with Crippen LogP contribution in [0.2, 0.25) is 10.0 Å². The lowest BCUT2D eigenvalue weighted by atomic mass is 9.97. The summed E-state index contributed by atoms with van der Waals surface area (Å²) in [4.78, 5) is 38.6. The van der Waals surface area contributed by atoms with Gasteiger partial charge in [0.25, 0.3) is 11.5 Å². The maximum absolute atomic E-state index is 13.8. The second-order valence-corrected chi connectivity index (χ2v) is 10.3. The van der Waals surface area contributed by atoms with E-state index in [1.165, 1.54) is 50.4 Å². The normalized spacial score (nSPS) is 12.4. The molecule has 0 aliphatic heterocycles. The van der Waals surface area contributed by atoms with Gasteiger partial charge in [-0.25, -0.2) is 4.79 Å². The standard InChI is InChI=1S/C28H27Cl2F3N2O4/c1-15(2)14-39-27(38)22(34-25(36)24-20(29)6-5-7-21(24)30)13-17-8-10-18(11-9-17)23-19(28(31,32)33)12-16(3)35(4)26(23)37/h5-12,15,22H,13-14H2,1-4H3,(H,34,36)/t22-/m0/s1. The quantitative estimate of drug-likeness (QED) is 0.319. The number of nitrogens with one attached hydrogen (secondary N) is 1. The molecular formula is C28H27Cl2F3N2O4. The molecule has 3 aromatic rings. The molecule has 0 unspecified atom stereocenters. The summed E-state index contributed by atoms with van der Waals surface area (Å²) in [6.07, 6.45) is -4.77. The van der Waals surface area contributed by atoms with E-state index in [2.05, 4.69) is 5.32 Å². The van der Waals surface area contributed by atoms with Crippen molar-refractivity contribution in [2.24, 2.45) is 13.0 Å². The highest BCUT2D eigenvalue weighted by Crippen LogP contribution is 2.36. The summed E-state index contributed by atoms with van der Waals surface area (Å²) in [7, 11) is 1.40. The Hall–Kier alpha value is -3.30. The van der Waals surface area contributed by atoms with Crippen molar-refractivity contribution in [1.82, 2.24) is 9.88 Å². The van der Waals surface area contributed by atoms with Crippen molar-refractivity contribution in [3.8, 4) is 11.1 Å². The number of alkyl halides is 3. The molecule has 0 saturated carbocycles. The molecule has 0 radical (unpaired) electrons. The molecule has 3 rings (SSSR count). The lowest BCUT2D eigenvalue weighted by Gasteiger charge is -2.20. The largest absolute Gasteiger partial charge is 0.464 e. The van der Waals surface area contributed by atoms with Crippen LogP contribution >= 0.6 is 23.2 Å². The van der Waals surface area contributed by atoms with E-state index in [0.29, 0.717) is 5.56 Å². The smallest absolute Gasteiger partial charge is 0.417 e. The van der Waals surface area contributed by atoms with Crippen molar-refractivity contribution >= 4 is 35.1 Å². The maximum Gasteiger partial charge on any atom is 0.417 e. The number of esters is 1. The zero-order chi connectivity index (χ0) is 29.1. The number of halogens is 5. The summed E-state index contributed by atoms with van der Waals surface area (Å²) < 4.78 is 47.7. The highest BCUT2D eigenvalue weighted by molar-refractivity contribution is 6.39. The van der Waals surface area contributed by atoms with Gasteiger partial charge in [0, 0.05) is 19.2 Å². The number of aryl methyl sites for hydroxylation is 1. The minimum absolute atomic E-state index is 0.00672. The number of amides is 1. The molecule has 1 N–H and O–H groups in total. The Morgan fingerprint density at radius 3 is 2.18 bits per heavy atom. The van der Waals surface area contributed by atoms with Crippen LogP contribution in [0.3, 0.4) is 0 Å². The van der Waals surface area contributed by atoms with Gasteiger partial charge in [0.05, 0.1) is 33.3 Å². The molecular weight excluding hydrogens is 556 g/mol. The SMILES string of the molecule is Cc1cc(C(F)(F)F)c(-c2ccc(C[C@H](NC(=O)c3c(Cl)cccc3Cl)C(=O)OCC(C)C)cc2)c(=O)n1C. The van der Waals surface area contributed by atoms with Crippen molar-refractivity contribution in [3.05, 3.63) is 91.3 Å². The van der Waals surface area contributed by atoms with Crippen molar-refractivity contribution in [3.63, 3.8) is 0 Å². The molecule has 0 saturated heterocycles. The van der Waals surface area contributed by atoms with Gasteiger partial charge in [0.2, 0.25) is 0 Å². The van der Waals surface area contributed by atoms with Gasteiger partial charge in [0.1, 0.15) is 6.04 Å². The monoisotopic (exact) mass is 582 g/mol. The first-order valence-corrected chi connectivity index (χ1v) is 12.7. The van der Waals surface area contributed by atoms with Crippen LogP contribution in [0.1, 0.15) is 41.0 Å². The third-order valence-corrected chi connectivity index (χ3v) is 6.63. The molecule has 0 fully saturated rings. The van der Waals surface area contributed by atoms with Crippen molar-refractivity contribution < 1.29 is 27.5 Å². The second kappa shape index (κ2) is 12.3. The number of nitrogens with zero attached hydrogens (tertiary/aromatic N) is 1. The third kappa shape index (κ3) is 7.22. The minimum atomic E-state index is -4.73. The van der Waals surface area contributed by atoms with E-state index >= 15 is 0 Å². The van der Waals surface area contributed by atoms with Crippen LogP contribution < -0.4 is 10.9 Å². The van der Waals surface area contributed by atoms with E-state index in [4.69, 9.17) is 27.9 Å². The predicted octanol–water partition coefficient (Wildman–Crippen LogP) is 6.23. The summed E-state index contributed by atoms with van der Waals surface area (Å²) >= 11 is 12.3. The Morgan fingerprint density at radius 2 is 1.64 bits per heavy atom. The number of ether oxygens (including phenoxy) is 1. The number of carbonyl (C=O) groups is 2. The summed E-state index contributed by atoms with van der Waals surface area (Å²) in [6, 6.07) is 10.1. The van der Waals surface area contributed by atoms with Gasteiger partial charge in [-0.2, -0.15) is 13.2 Å². The van der Waals surface area contributed by atoms with Gasteiger partial charge in [-0.3, -0.25) is 9.59 Å². The molecule has 208 valence electrons. The van der Waals surface area contributed by atoms with E-state index < -0.39 is 40.8 Å². The van der Waals surface area contributed by atoms with E-state index in [9.17, 15) is 27.6 Å². The van der Waals surface area contributed by atoms with Gasteiger partial charge >= 0.3 is 12.1 Å². The van der Waals surface area contributed by atoms with Gasteiger partial charge in [-0.05, 0) is 42.2 Å². The molecule has 0 aliphatic rings. The topological polar surface area (TPSA) is 77.4 Å². The summed E-state index contributed by atoms with van der Waals surface area (Å²) in [5.74, 6) is -1.34. The number of hydrogen-bond acceptors (Lipinski definition) is 4. The van der Waals surface area contributed by atoms with Crippen LogP contribution in [0.5, 0.6) is 0 Å². The number of benzene rings is 2. The Bertz CT molecular complexity index is 1410. The average molecular weight is 583 g/mol. The van der Waals surface area contributed by atoms with Crippen molar-refractivity contribution in [2.75, 3.05) is 6.61 Å². The summed E-state index contributed by atoms with van der Waals surface area (Å²) in [5, 5.41) is 2.79. The van der Waals surface area contributed by atoms with Crippen molar-refractivity contribution in [1.29, 1.82) is 0 Å². The van der Waals surface area contributed by atoms with Gasteiger partial charge in [-0.15, -0.1) is 0 Å². The van der Waals surface area contributed by atoms with Gasteiger partial charge in [-0.1, -0.05) is 67.4 Å². The van der Waals surface area contributed by atoms with E-state index in [1.54, 1.807) is 6.07 Å². The zero-order valence-electron chi connectivity index (χ0n) is 21.7. The predicted molar refractivity (Wildman–Crippen MR) is 144 cm³/mol. The molecule has 0 aliphatic carbocycles. The fourth-order valence-corrected chi connectivity index (χ4v) is 4.42. The number of rotatable bonds is 8. The first-order chi connectivity index (χ1) is 18.2. The van der Waals surface area contributed by atoms with Gasteiger partial charge < -0.3 is 14.6 Å². The Morgan fingerprint density at radius 1 is 1.05 bits per heavy atom. The first-order valence-electron chi connectivity index (χ1n) is 12.0. The van der Waals surface area contributed by atoms with Crippen LogP contribution in [0.15, 0.2) is 53.3 Å². The highest BCUT2D eigenvalue weighted by Gasteiger charge is 2.36. The molecule has 0 spiro atoms. The Balaban J connectivity index is 1.94. The number of carbonyl (C=O) groups excluding carboxylic acids is 2. The zero-order valence-corrected chi connectivity index (χ0v) is 23.2. The lowest BCUT2D eigenvalue weighted by Crippen LogP contribution is -2.43. The fourth-order valence-electron chi connectivity index (χ4n) is 3.85. The first kappa shape index (κ1) is 30.2. The second-order valence-electron chi connectivity index (χ2n) is 9.48. The molecule has 11 heteroatoms. The minimum Gasteiger partial charge on any atom is -0.464 e. The summed E-state index contributed by atoms with van der Waals surface area (Å²) in [6.45, 7) is 5.25. The number of pyridine rings is 1. The molecule has 1 atom stereocenters. The average Bonchev–Trinajstić information content (AvgIpc) is 2.85. The van der Waals surface area contributed by atoms with E-state index in [-0.39, 0.29) is 45.8 Å². The molecule has 39 heavy (non-hydrogen) atoms. The number of hydrogen-bond donors (Lipinski definition) is 1. The molecule has 1 heterocycles. The highest BCUT2D eigenvalue weighted by atomic mass is 35.5. The molecule has 0 bridgehead atoms. The molecule has 1 aromatic heterocycles. The third-order valence-electron chi connectivity index (χ3n) is 6.00. The molecule has 6 nitrogen and oxygen atoms in total. The van der Waals surface area contributed by atoms with Crippen LogP contribution in [0.25, 0.3) is 11.1 Å². The van der Waals surface area contributed by atoms with Crippen LogP contribution in [-0.2, 0) is 29.2 Å². The Labute approximate surface area is 233 Å². The van der Waals surface area contributed by atoms with Crippen LogP contribution in [0.4, 0.5) is 13.2 Å². The number of aromatic nitrogens is 1. The molecule has 1 amide bonds. The van der Waals surface area contributed by atoms with E-state index in [0.717, 1.165) is 10.6 Å². The van der Waals surface area contributed by atoms with Crippen LogP contribution in [0, 0.1) is 12.8 Å². The fraction of sp³-hybridized carbons (Fsp3) is 0.321. The van der Waals surface area contributed by atoms with Gasteiger partial charge in [0.15, 0.2) is 0 Å². The summed E-state index contributed by atoms with van der Waals surface area (Å²) in [5.41, 5.74) is -1.55. The van der Waals surface area contributed by atoms with Crippen molar-refractivity contribution in [2.45, 2.75) is 39.4 Å². The van der Waals surface area contributed by atoms with Crippen LogP contribution in [-0.4, -0.2) is 29.1 Å². The molecule has 2 aromatic carbocycles. The maximum atomic E-state index is 13.8. The Kier molecular flexibility index (Phi) is 9.51. The lowest BCUT2D eigenvalue weighted by molar-refractivity contribution is -0.147.